The quantitative estimate of drug-likeness (QED) is 0.689. The van der Waals surface area contributed by atoms with E-state index in [2.05, 4.69) is 4.98 Å². The summed E-state index contributed by atoms with van der Waals surface area (Å²) in [5, 5.41) is 0.753. The lowest BCUT2D eigenvalue weighted by Gasteiger charge is -2.03. The van der Waals surface area contributed by atoms with Crippen LogP contribution in [0.5, 0.6) is 0 Å². The molecule has 0 saturated heterocycles. The number of halogens is 1. The van der Waals surface area contributed by atoms with Crippen LogP contribution in [0, 0.1) is 6.92 Å². The molecular formula is C12H10ClN. The van der Waals surface area contributed by atoms with Crippen LogP contribution in [-0.4, -0.2) is 4.98 Å². The molecule has 0 N–H and O–H groups in total. The van der Waals surface area contributed by atoms with Crippen molar-refractivity contribution in [1.82, 2.24) is 4.98 Å². The summed E-state index contributed by atoms with van der Waals surface area (Å²) >= 11 is 6.12. The SMILES string of the molecule is Cc1cc(Cl)c(-c2ccccc2)cn1. The van der Waals surface area contributed by atoms with E-state index < -0.39 is 0 Å². The smallest absolute Gasteiger partial charge is 0.0517 e. The molecule has 14 heavy (non-hydrogen) atoms. The zero-order chi connectivity index (χ0) is 9.97. The second-order valence-corrected chi connectivity index (χ2v) is 3.58. The van der Waals surface area contributed by atoms with E-state index in [1.165, 1.54) is 0 Å². The molecule has 0 radical (unpaired) electrons. The zero-order valence-corrected chi connectivity index (χ0v) is 8.62. The molecule has 2 aromatic rings. The molecule has 0 fully saturated rings. The maximum Gasteiger partial charge on any atom is 0.0517 e. The third-order valence-electron chi connectivity index (χ3n) is 2.07. The van der Waals surface area contributed by atoms with Crippen LogP contribution in [0.15, 0.2) is 42.6 Å². The van der Waals surface area contributed by atoms with E-state index in [-0.39, 0.29) is 0 Å². The van der Waals surface area contributed by atoms with Gasteiger partial charge in [0.1, 0.15) is 0 Å². The lowest BCUT2D eigenvalue weighted by Crippen LogP contribution is -1.84. The molecule has 2 rings (SSSR count). The van der Waals surface area contributed by atoms with Gasteiger partial charge in [-0.2, -0.15) is 0 Å². The van der Waals surface area contributed by atoms with Crippen LogP contribution in [0.3, 0.4) is 0 Å². The molecule has 0 aliphatic carbocycles. The number of aryl methyl sites for hydroxylation is 1. The molecule has 1 aromatic carbocycles. The highest BCUT2D eigenvalue weighted by molar-refractivity contribution is 6.33. The highest BCUT2D eigenvalue weighted by Crippen LogP contribution is 2.26. The van der Waals surface area contributed by atoms with Crippen molar-refractivity contribution in [2.24, 2.45) is 0 Å². The van der Waals surface area contributed by atoms with Crippen LogP contribution in [0.2, 0.25) is 5.02 Å². The van der Waals surface area contributed by atoms with E-state index in [1.54, 1.807) is 0 Å². The van der Waals surface area contributed by atoms with Crippen molar-refractivity contribution < 1.29 is 0 Å². The third kappa shape index (κ3) is 1.78. The van der Waals surface area contributed by atoms with Gasteiger partial charge in [0.15, 0.2) is 0 Å². The summed E-state index contributed by atoms with van der Waals surface area (Å²) < 4.78 is 0. The van der Waals surface area contributed by atoms with Gasteiger partial charge in [-0.3, -0.25) is 4.98 Å². The molecule has 0 atom stereocenters. The van der Waals surface area contributed by atoms with Gasteiger partial charge in [-0.15, -0.1) is 0 Å². The Morgan fingerprint density at radius 2 is 1.86 bits per heavy atom. The minimum absolute atomic E-state index is 0.753. The third-order valence-corrected chi connectivity index (χ3v) is 2.39. The van der Waals surface area contributed by atoms with Crippen molar-refractivity contribution in [3.05, 3.63) is 53.3 Å². The summed E-state index contributed by atoms with van der Waals surface area (Å²) in [5.41, 5.74) is 3.03. The molecule has 0 unspecified atom stereocenters. The molecule has 0 bridgehead atoms. The summed E-state index contributed by atoms with van der Waals surface area (Å²) in [7, 11) is 0. The van der Waals surface area contributed by atoms with E-state index in [9.17, 15) is 0 Å². The fourth-order valence-corrected chi connectivity index (χ4v) is 1.67. The normalized spacial score (nSPS) is 10.1. The lowest BCUT2D eigenvalue weighted by molar-refractivity contribution is 1.20. The molecule has 0 amide bonds. The van der Waals surface area contributed by atoms with Gasteiger partial charge < -0.3 is 0 Å². The first-order valence-electron chi connectivity index (χ1n) is 4.45. The van der Waals surface area contributed by atoms with Gasteiger partial charge in [-0.05, 0) is 18.6 Å². The largest absolute Gasteiger partial charge is 0.261 e. The van der Waals surface area contributed by atoms with E-state index in [4.69, 9.17) is 11.6 Å². The maximum absolute atomic E-state index is 6.12. The number of hydrogen-bond donors (Lipinski definition) is 0. The van der Waals surface area contributed by atoms with Crippen molar-refractivity contribution in [2.75, 3.05) is 0 Å². The first-order valence-corrected chi connectivity index (χ1v) is 4.83. The Hall–Kier alpha value is -1.34. The van der Waals surface area contributed by atoms with E-state index in [0.717, 1.165) is 21.8 Å². The van der Waals surface area contributed by atoms with Gasteiger partial charge >= 0.3 is 0 Å². The zero-order valence-electron chi connectivity index (χ0n) is 7.87. The fraction of sp³-hybridized carbons (Fsp3) is 0.0833. The predicted octanol–water partition coefficient (Wildman–Crippen LogP) is 3.71. The first-order chi connectivity index (χ1) is 6.77. The molecule has 0 aliphatic rings. The summed E-state index contributed by atoms with van der Waals surface area (Å²) in [4.78, 5) is 4.23. The van der Waals surface area contributed by atoms with Crippen LogP contribution >= 0.6 is 11.6 Å². The highest BCUT2D eigenvalue weighted by atomic mass is 35.5. The van der Waals surface area contributed by atoms with Gasteiger partial charge in [-0.25, -0.2) is 0 Å². The van der Waals surface area contributed by atoms with E-state index >= 15 is 0 Å². The Bertz CT molecular complexity index is 437. The molecule has 1 aromatic heterocycles. The Morgan fingerprint density at radius 1 is 1.14 bits per heavy atom. The Balaban J connectivity index is 2.53. The van der Waals surface area contributed by atoms with Crippen LogP contribution in [0.1, 0.15) is 5.69 Å². The number of nitrogens with zero attached hydrogens (tertiary/aromatic N) is 1. The van der Waals surface area contributed by atoms with Crippen molar-refractivity contribution >= 4 is 11.6 Å². The van der Waals surface area contributed by atoms with Gasteiger partial charge in [0.25, 0.3) is 0 Å². The summed E-state index contributed by atoms with van der Waals surface area (Å²) in [6.07, 6.45) is 1.81. The van der Waals surface area contributed by atoms with Crippen LogP contribution < -0.4 is 0 Å². The molecule has 70 valence electrons. The van der Waals surface area contributed by atoms with Crippen molar-refractivity contribution in [1.29, 1.82) is 0 Å². The number of aromatic nitrogens is 1. The van der Waals surface area contributed by atoms with Gasteiger partial charge in [0.05, 0.1) is 5.02 Å². The van der Waals surface area contributed by atoms with E-state index in [0.29, 0.717) is 0 Å². The number of rotatable bonds is 1. The van der Waals surface area contributed by atoms with Gasteiger partial charge in [0, 0.05) is 17.5 Å². The first kappa shape index (κ1) is 9.22. The van der Waals surface area contributed by atoms with Crippen LogP contribution in [0.4, 0.5) is 0 Å². The number of pyridine rings is 1. The molecule has 0 saturated carbocycles. The van der Waals surface area contributed by atoms with Gasteiger partial charge in [-0.1, -0.05) is 41.9 Å². The lowest BCUT2D eigenvalue weighted by atomic mass is 10.1. The summed E-state index contributed by atoms with van der Waals surface area (Å²) in [6.45, 7) is 1.93. The Morgan fingerprint density at radius 3 is 2.50 bits per heavy atom. The molecule has 0 aliphatic heterocycles. The molecular weight excluding hydrogens is 194 g/mol. The van der Waals surface area contributed by atoms with E-state index in [1.807, 2.05) is 49.5 Å². The van der Waals surface area contributed by atoms with Crippen LogP contribution in [0.25, 0.3) is 11.1 Å². The highest BCUT2D eigenvalue weighted by Gasteiger charge is 2.02. The van der Waals surface area contributed by atoms with Crippen molar-refractivity contribution in [3.63, 3.8) is 0 Å². The van der Waals surface area contributed by atoms with Crippen LogP contribution in [-0.2, 0) is 0 Å². The average Bonchev–Trinajstić information content (AvgIpc) is 2.19. The fourth-order valence-electron chi connectivity index (χ4n) is 1.36. The molecule has 1 heterocycles. The molecule has 0 spiro atoms. The topological polar surface area (TPSA) is 12.9 Å². The van der Waals surface area contributed by atoms with Gasteiger partial charge in [0.2, 0.25) is 0 Å². The summed E-state index contributed by atoms with van der Waals surface area (Å²) in [5.74, 6) is 0. The Labute approximate surface area is 88.4 Å². The summed E-state index contributed by atoms with van der Waals surface area (Å²) in [6, 6.07) is 11.9. The molecule has 1 nitrogen and oxygen atoms in total. The van der Waals surface area contributed by atoms with Crippen molar-refractivity contribution in [3.8, 4) is 11.1 Å². The molecule has 2 heteroatoms. The number of hydrogen-bond acceptors (Lipinski definition) is 1. The van der Waals surface area contributed by atoms with Crippen molar-refractivity contribution in [2.45, 2.75) is 6.92 Å². The second-order valence-electron chi connectivity index (χ2n) is 3.17. The minimum atomic E-state index is 0.753. The Kier molecular flexibility index (Phi) is 2.51. The maximum atomic E-state index is 6.12. The standard InChI is InChI=1S/C12H10ClN/c1-9-7-12(13)11(8-14-9)10-5-3-2-4-6-10/h2-8H,1H3. The second kappa shape index (κ2) is 3.81. The monoisotopic (exact) mass is 203 g/mol. The number of benzene rings is 1. The minimum Gasteiger partial charge on any atom is -0.261 e. The predicted molar refractivity (Wildman–Crippen MR) is 59.4 cm³/mol. The average molecular weight is 204 g/mol.